The van der Waals surface area contributed by atoms with E-state index in [1.165, 1.54) is 6.07 Å². The van der Waals surface area contributed by atoms with Gasteiger partial charge in [0.2, 0.25) is 0 Å². The Kier molecular flexibility index (Phi) is 5.47. The van der Waals surface area contributed by atoms with Crippen LogP contribution in [0.15, 0.2) is 29.2 Å². The van der Waals surface area contributed by atoms with E-state index >= 15 is 0 Å². The molecule has 1 fully saturated rings. The van der Waals surface area contributed by atoms with Gasteiger partial charge in [0.15, 0.2) is 0 Å². The van der Waals surface area contributed by atoms with Gasteiger partial charge in [-0.2, -0.15) is 0 Å². The minimum absolute atomic E-state index is 0.124. The number of nitrogens with zero attached hydrogens (tertiary/aromatic N) is 1. The summed E-state index contributed by atoms with van der Waals surface area (Å²) in [5, 5.41) is 9.07. The second-order valence-corrected chi connectivity index (χ2v) is 5.88. The van der Waals surface area contributed by atoms with Gasteiger partial charge in [-0.15, -0.1) is 11.8 Å². The summed E-state index contributed by atoms with van der Waals surface area (Å²) in [6.45, 7) is 3.43. The van der Waals surface area contributed by atoms with E-state index in [2.05, 4.69) is 4.90 Å². The fourth-order valence-corrected chi connectivity index (χ4v) is 3.19. The maximum Gasteiger partial charge on any atom is 0.136 e. The molecule has 2 nitrogen and oxygen atoms in total. The van der Waals surface area contributed by atoms with Gasteiger partial charge in [0.05, 0.1) is 0 Å². The van der Waals surface area contributed by atoms with E-state index in [0.29, 0.717) is 12.5 Å². The summed E-state index contributed by atoms with van der Waals surface area (Å²) in [6, 6.07) is 6.93. The van der Waals surface area contributed by atoms with Crippen molar-refractivity contribution in [3.05, 3.63) is 30.1 Å². The molecule has 4 heteroatoms. The highest BCUT2D eigenvalue weighted by Gasteiger charge is 2.17. The zero-order valence-electron chi connectivity index (χ0n) is 10.5. The van der Waals surface area contributed by atoms with E-state index in [4.69, 9.17) is 5.11 Å². The van der Waals surface area contributed by atoms with Crippen molar-refractivity contribution in [2.75, 3.05) is 32.0 Å². The summed E-state index contributed by atoms with van der Waals surface area (Å²) in [5.41, 5.74) is 0. The first kappa shape index (κ1) is 13.8. The van der Waals surface area contributed by atoms with Crippen molar-refractivity contribution in [1.82, 2.24) is 4.90 Å². The van der Waals surface area contributed by atoms with Gasteiger partial charge in [-0.1, -0.05) is 12.1 Å². The topological polar surface area (TPSA) is 23.5 Å². The second-order valence-electron chi connectivity index (χ2n) is 4.75. The third-order valence-corrected chi connectivity index (χ3v) is 4.50. The van der Waals surface area contributed by atoms with Crippen LogP contribution in [0, 0.1) is 11.7 Å². The summed E-state index contributed by atoms with van der Waals surface area (Å²) in [7, 11) is 0. The molecular weight excluding hydrogens is 249 g/mol. The first-order valence-corrected chi connectivity index (χ1v) is 7.48. The number of hydrogen-bond acceptors (Lipinski definition) is 3. The van der Waals surface area contributed by atoms with Gasteiger partial charge in [0.1, 0.15) is 5.82 Å². The molecule has 0 saturated carbocycles. The lowest BCUT2D eigenvalue weighted by Crippen LogP contribution is -2.36. The number of rotatable bonds is 5. The van der Waals surface area contributed by atoms with Crippen LogP contribution in [0.1, 0.15) is 12.8 Å². The predicted octanol–water partition coefficient (Wildman–Crippen LogP) is 2.62. The zero-order chi connectivity index (χ0) is 12.8. The second kappa shape index (κ2) is 7.12. The molecule has 0 spiro atoms. The van der Waals surface area contributed by atoms with Crippen molar-refractivity contribution < 1.29 is 9.50 Å². The van der Waals surface area contributed by atoms with E-state index in [1.54, 1.807) is 17.8 Å². The molecule has 1 aliphatic heterocycles. The highest BCUT2D eigenvalue weighted by molar-refractivity contribution is 7.99. The summed E-state index contributed by atoms with van der Waals surface area (Å²) in [4.78, 5) is 3.14. The summed E-state index contributed by atoms with van der Waals surface area (Å²) in [6.07, 6.45) is 2.17. The molecular formula is C14H20FNOS. The first-order chi connectivity index (χ1) is 8.79. The van der Waals surface area contributed by atoms with Crippen LogP contribution in [-0.2, 0) is 0 Å². The Hall–Kier alpha value is -0.580. The van der Waals surface area contributed by atoms with Crippen LogP contribution in [0.25, 0.3) is 0 Å². The molecule has 0 aliphatic carbocycles. The number of aliphatic hydroxyl groups is 1. The van der Waals surface area contributed by atoms with Crippen LogP contribution >= 0.6 is 11.8 Å². The Bertz CT molecular complexity index is 367. The fraction of sp³-hybridized carbons (Fsp3) is 0.571. The molecule has 2 rings (SSSR count). The van der Waals surface area contributed by atoms with E-state index in [0.717, 1.165) is 43.1 Å². The molecule has 1 aromatic carbocycles. The molecule has 1 aromatic rings. The zero-order valence-corrected chi connectivity index (χ0v) is 11.3. The van der Waals surface area contributed by atoms with Crippen LogP contribution < -0.4 is 0 Å². The Balaban J connectivity index is 1.69. The van der Waals surface area contributed by atoms with Crippen molar-refractivity contribution >= 4 is 11.8 Å². The van der Waals surface area contributed by atoms with Gasteiger partial charge >= 0.3 is 0 Å². The number of thioether (sulfide) groups is 1. The number of halogens is 1. The van der Waals surface area contributed by atoms with Crippen LogP contribution in [-0.4, -0.2) is 42.0 Å². The quantitative estimate of drug-likeness (QED) is 0.831. The first-order valence-electron chi connectivity index (χ1n) is 6.50. The normalized spacial score (nSPS) is 18.1. The number of benzene rings is 1. The molecule has 100 valence electrons. The predicted molar refractivity (Wildman–Crippen MR) is 73.4 cm³/mol. The number of likely N-dealkylation sites (tertiary alicyclic amines) is 1. The van der Waals surface area contributed by atoms with Crippen molar-refractivity contribution in [2.45, 2.75) is 17.7 Å². The Morgan fingerprint density at radius 2 is 2.00 bits per heavy atom. The lowest BCUT2D eigenvalue weighted by Gasteiger charge is -2.30. The van der Waals surface area contributed by atoms with Gasteiger partial charge in [-0.3, -0.25) is 0 Å². The minimum Gasteiger partial charge on any atom is -0.396 e. The average Bonchev–Trinajstić information content (AvgIpc) is 2.42. The molecule has 0 aromatic heterocycles. The van der Waals surface area contributed by atoms with E-state index in [-0.39, 0.29) is 5.82 Å². The maximum absolute atomic E-state index is 13.4. The van der Waals surface area contributed by atoms with Crippen LogP contribution in [0.3, 0.4) is 0 Å². The third-order valence-electron chi connectivity index (χ3n) is 3.47. The molecule has 0 amide bonds. The molecule has 0 unspecified atom stereocenters. The number of aliphatic hydroxyl groups excluding tert-OH is 1. The molecule has 0 atom stereocenters. The van der Waals surface area contributed by atoms with Crippen LogP contribution in [0.4, 0.5) is 4.39 Å². The molecule has 1 heterocycles. The Morgan fingerprint density at radius 3 is 2.67 bits per heavy atom. The Morgan fingerprint density at radius 1 is 1.28 bits per heavy atom. The molecule has 0 bridgehead atoms. The van der Waals surface area contributed by atoms with Gasteiger partial charge in [0.25, 0.3) is 0 Å². The monoisotopic (exact) mass is 269 g/mol. The van der Waals surface area contributed by atoms with Gasteiger partial charge in [-0.25, -0.2) is 4.39 Å². The summed E-state index contributed by atoms with van der Waals surface area (Å²) < 4.78 is 13.4. The van der Waals surface area contributed by atoms with Crippen molar-refractivity contribution in [2.24, 2.45) is 5.92 Å². The van der Waals surface area contributed by atoms with Crippen molar-refractivity contribution in [3.63, 3.8) is 0 Å². The van der Waals surface area contributed by atoms with Gasteiger partial charge < -0.3 is 10.0 Å². The van der Waals surface area contributed by atoms with E-state index in [9.17, 15) is 4.39 Å². The van der Waals surface area contributed by atoms with E-state index < -0.39 is 0 Å². The summed E-state index contributed by atoms with van der Waals surface area (Å²) >= 11 is 1.58. The lowest BCUT2D eigenvalue weighted by atomic mass is 9.98. The van der Waals surface area contributed by atoms with Crippen LogP contribution in [0.5, 0.6) is 0 Å². The van der Waals surface area contributed by atoms with E-state index in [1.807, 2.05) is 12.1 Å². The summed E-state index contributed by atoms with van der Waals surface area (Å²) in [5.74, 6) is 1.28. The van der Waals surface area contributed by atoms with Gasteiger partial charge in [-0.05, 0) is 44.0 Å². The highest BCUT2D eigenvalue weighted by atomic mass is 32.2. The number of piperidine rings is 1. The fourth-order valence-electron chi connectivity index (χ4n) is 2.24. The van der Waals surface area contributed by atoms with Gasteiger partial charge in [0, 0.05) is 23.8 Å². The standard InChI is InChI=1S/C14H20FNOS/c15-13-3-1-2-4-14(13)18-10-9-16-7-5-12(11-17)6-8-16/h1-4,12,17H,5-11H2. The Labute approximate surface area is 112 Å². The largest absolute Gasteiger partial charge is 0.396 e. The molecule has 18 heavy (non-hydrogen) atoms. The molecule has 0 radical (unpaired) electrons. The minimum atomic E-state index is -0.124. The average molecular weight is 269 g/mol. The third kappa shape index (κ3) is 3.97. The highest BCUT2D eigenvalue weighted by Crippen LogP contribution is 2.22. The smallest absolute Gasteiger partial charge is 0.136 e. The SMILES string of the molecule is OCC1CCN(CCSc2ccccc2F)CC1. The maximum atomic E-state index is 13.4. The van der Waals surface area contributed by atoms with Crippen molar-refractivity contribution in [3.8, 4) is 0 Å². The molecule has 1 N–H and O–H groups in total. The lowest BCUT2D eigenvalue weighted by molar-refractivity contribution is 0.136. The van der Waals surface area contributed by atoms with Crippen molar-refractivity contribution in [1.29, 1.82) is 0 Å². The molecule has 1 aliphatic rings. The number of hydrogen-bond donors (Lipinski definition) is 1. The molecule has 1 saturated heterocycles. The van der Waals surface area contributed by atoms with Crippen LogP contribution in [0.2, 0.25) is 0 Å².